The van der Waals surface area contributed by atoms with Crippen LogP contribution in [0, 0.1) is 5.92 Å². The number of anilines is 2. The highest BCUT2D eigenvalue weighted by Crippen LogP contribution is 2.28. The summed E-state index contributed by atoms with van der Waals surface area (Å²) in [5, 5.41) is 0. The predicted molar refractivity (Wildman–Crippen MR) is 79.3 cm³/mol. The number of hydrogen-bond donors (Lipinski definition) is 2. The van der Waals surface area contributed by atoms with Crippen molar-refractivity contribution in [2.75, 3.05) is 17.2 Å². The molecule has 2 rings (SSSR count). The quantitative estimate of drug-likeness (QED) is 0.867. The van der Waals surface area contributed by atoms with Gasteiger partial charge in [-0.25, -0.2) is 9.97 Å². The third-order valence-corrected chi connectivity index (χ3v) is 3.84. The molecule has 0 bridgehead atoms. The SMILES string of the molecule is CC(C)c1nc(N)cc(N2CC(C(N)=O)CCC2C)n1. The minimum absolute atomic E-state index is 0.120. The lowest BCUT2D eigenvalue weighted by Gasteiger charge is -2.38. The molecule has 1 amide bonds. The third kappa shape index (κ3) is 3.00. The Morgan fingerprint density at radius 3 is 2.70 bits per heavy atom. The Hall–Kier alpha value is -1.85. The normalized spacial score (nSPS) is 23.1. The number of carbonyl (C=O) groups is 1. The van der Waals surface area contributed by atoms with Crippen LogP contribution in [0.25, 0.3) is 0 Å². The van der Waals surface area contributed by atoms with Gasteiger partial charge in [0, 0.05) is 24.6 Å². The van der Waals surface area contributed by atoms with Crippen LogP contribution in [0.2, 0.25) is 0 Å². The van der Waals surface area contributed by atoms with Crippen LogP contribution in [0.5, 0.6) is 0 Å². The highest BCUT2D eigenvalue weighted by atomic mass is 16.1. The van der Waals surface area contributed by atoms with Crippen molar-refractivity contribution in [3.8, 4) is 0 Å². The van der Waals surface area contributed by atoms with Crippen molar-refractivity contribution in [1.82, 2.24) is 9.97 Å². The second-order valence-electron chi connectivity index (χ2n) is 5.84. The minimum atomic E-state index is -0.243. The van der Waals surface area contributed by atoms with E-state index in [1.807, 2.05) is 13.8 Å². The number of nitrogens with two attached hydrogens (primary N) is 2. The fraction of sp³-hybridized carbons (Fsp3) is 0.643. The van der Waals surface area contributed by atoms with Crippen LogP contribution in [0.4, 0.5) is 11.6 Å². The van der Waals surface area contributed by atoms with Crippen LogP contribution in [0.1, 0.15) is 45.4 Å². The van der Waals surface area contributed by atoms with Crippen LogP contribution >= 0.6 is 0 Å². The lowest BCUT2D eigenvalue weighted by Crippen LogP contribution is -2.46. The molecule has 6 nitrogen and oxygen atoms in total. The first-order valence-electron chi connectivity index (χ1n) is 7.09. The number of amides is 1. The summed E-state index contributed by atoms with van der Waals surface area (Å²) in [6, 6.07) is 2.09. The van der Waals surface area contributed by atoms with E-state index in [1.165, 1.54) is 0 Å². The van der Waals surface area contributed by atoms with Crippen molar-refractivity contribution in [2.45, 2.75) is 45.6 Å². The van der Waals surface area contributed by atoms with E-state index < -0.39 is 0 Å². The van der Waals surface area contributed by atoms with Gasteiger partial charge in [0.1, 0.15) is 17.5 Å². The summed E-state index contributed by atoms with van der Waals surface area (Å²) in [6.07, 6.45) is 1.76. The number of nitrogens with zero attached hydrogens (tertiary/aromatic N) is 3. The maximum Gasteiger partial charge on any atom is 0.222 e. The Balaban J connectivity index is 2.31. The van der Waals surface area contributed by atoms with Gasteiger partial charge in [-0.3, -0.25) is 4.79 Å². The van der Waals surface area contributed by atoms with Gasteiger partial charge >= 0.3 is 0 Å². The topological polar surface area (TPSA) is 98.1 Å². The molecule has 0 saturated carbocycles. The van der Waals surface area contributed by atoms with Crippen molar-refractivity contribution in [1.29, 1.82) is 0 Å². The second kappa shape index (κ2) is 5.64. The average molecular weight is 277 g/mol. The highest BCUT2D eigenvalue weighted by molar-refractivity contribution is 5.77. The molecule has 1 aromatic heterocycles. The first-order valence-corrected chi connectivity index (χ1v) is 7.09. The van der Waals surface area contributed by atoms with E-state index in [0.29, 0.717) is 18.4 Å². The van der Waals surface area contributed by atoms with Gasteiger partial charge < -0.3 is 16.4 Å². The standard InChI is InChI=1S/C14H23N5O/c1-8(2)14-17-11(15)6-12(18-14)19-7-10(13(16)20)5-4-9(19)3/h6,8-10H,4-5,7H2,1-3H3,(H2,16,20)(H2,15,17,18). The van der Waals surface area contributed by atoms with Crippen molar-refractivity contribution in [2.24, 2.45) is 11.7 Å². The van der Waals surface area contributed by atoms with Gasteiger partial charge in [-0.15, -0.1) is 0 Å². The van der Waals surface area contributed by atoms with Gasteiger partial charge in [-0.2, -0.15) is 0 Å². The molecular formula is C14H23N5O. The maximum atomic E-state index is 11.4. The van der Waals surface area contributed by atoms with Crippen molar-refractivity contribution >= 4 is 17.5 Å². The van der Waals surface area contributed by atoms with E-state index in [2.05, 4.69) is 21.8 Å². The molecule has 1 saturated heterocycles. The van der Waals surface area contributed by atoms with E-state index in [0.717, 1.165) is 24.5 Å². The second-order valence-corrected chi connectivity index (χ2v) is 5.84. The molecule has 1 aromatic rings. The Morgan fingerprint density at radius 1 is 1.40 bits per heavy atom. The van der Waals surface area contributed by atoms with E-state index in [-0.39, 0.29) is 17.7 Å². The summed E-state index contributed by atoms with van der Waals surface area (Å²) < 4.78 is 0. The molecule has 1 aliphatic rings. The summed E-state index contributed by atoms with van der Waals surface area (Å²) in [5.74, 6) is 1.84. The zero-order valence-electron chi connectivity index (χ0n) is 12.3. The average Bonchev–Trinajstić information content (AvgIpc) is 2.38. The number of carbonyl (C=O) groups excluding carboxylic acids is 1. The molecule has 6 heteroatoms. The van der Waals surface area contributed by atoms with Crippen LogP contribution in [0.3, 0.4) is 0 Å². The molecule has 2 unspecified atom stereocenters. The Bertz CT molecular complexity index is 502. The summed E-state index contributed by atoms with van der Waals surface area (Å²) in [6.45, 7) is 6.80. The first kappa shape index (κ1) is 14.6. The fourth-order valence-corrected chi connectivity index (χ4v) is 2.54. The molecule has 1 fully saturated rings. The van der Waals surface area contributed by atoms with Crippen molar-refractivity contribution in [3.05, 3.63) is 11.9 Å². The third-order valence-electron chi connectivity index (χ3n) is 3.84. The van der Waals surface area contributed by atoms with Gasteiger partial charge in [0.2, 0.25) is 5.91 Å². The van der Waals surface area contributed by atoms with Crippen LogP contribution in [-0.4, -0.2) is 28.5 Å². The lowest BCUT2D eigenvalue weighted by atomic mass is 9.93. The Kier molecular flexibility index (Phi) is 4.11. The fourth-order valence-electron chi connectivity index (χ4n) is 2.54. The minimum Gasteiger partial charge on any atom is -0.384 e. The molecule has 0 spiro atoms. The molecule has 4 N–H and O–H groups in total. The molecule has 2 atom stereocenters. The smallest absolute Gasteiger partial charge is 0.222 e. The summed E-state index contributed by atoms with van der Waals surface area (Å²) in [4.78, 5) is 22.4. The number of hydrogen-bond acceptors (Lipinski definition) is 5. The van der Waals surface area contributed by atoms with Gasteiger partial charge in [0.15, 0.2) is 0 Å². The van der Waals surface area contributed by atoms with Gasteiger partial charge in [0.25, 0.3) is 0 Å². The summed E-state index contributed by atoms with van der Waals surface area (Å²) >= 11 is 0. The molecule has 0 radical (unpaired) electrons. The largest absolute Gasteiger partial charge is 0.384 e. The molecule has 0 aliphatic carbocycles. The number of piperidine rings is 1. The van der Waals surface area contributed by atoms with Crippen LogP contribution in [0.15, 0.2) is 6.07 Å². The zero-order valence-corrected chi connectivity index (χ0v) is 12.3. The number of aromatic nitrogens is 2. The van der Waals surface area contributed by atoms with E-state index in [1.54, 1.807) is 6.07 Å². The Labute approximate surface area is 119 Å². The van der Waals surface area contributed by atoms with Crippen molar-refractivity contribution in [3.63, 3.8) is 0 Å². The zero-order chi connectivity index (χ0) is 14.9. The molecule has 0 aromatic carbocycles. The van der Waals surface area contributed by atoms with E-state index in [9.17, 15) is 4.79 Å². The summed E-state index contributed by atoms with van der Waals surface area (Å²) in [5.41, 5.74) is 11.3. The lowest BCUT2D eigenvalue weighted by molar-refractivity contribution is -0.122. The van der Waals surface area contributed by atoms with Crippen LogP contribution in [-0.2, 0) is 4.79 Å². The number of rotatable bonds is 3. The highest BCUT2D eigenvalue weighted by Gasteiger charge is 2.29. The summed E-state index contributed by atoms with van der Waals surface area (Å²) in [7, 11) is 0. The number of nitrogen functional groups attached to an aromatic ring is 1. The molecule has 2 heterocycles. The molecule has 20 heavy (non-hydrogen) atoms. The predicted octanol–water partition coefficient (Wildman–Crippen LogP) is 1.27. The molecule has 1 aliphatic heterocycles. The van der Waals surface area contributed by atoms with Gasteiger partial charge in [0.05, 0.1) is 5.92 Å². The monoisotopic (exact) mass is 277 g/mol. The molecule has 110 valence electrons. The van der Waals surface area contributed by atoms with Gasteiger partial charge in [-0.1, -0.05) is 13.8 Å². The molecular weight excluding hydrogens is 254 g/mol. The maximum absolute atomic E-state index is 11.4. The number of primary amides is 1. The van der Waals surface area contributed by atoms with Gasteiger partial charge in [-0.05, 0) is 19.8 Å². The van der Waals surface area contributed by atoms with Crippen molar-refractivity contribution < 1.29 is 4.79 Å². The van der Waals surface area contributed by atoms with E-state index >= 15 is 0 Å². The Morgan fingerprint density at radius 2 is 2.10 bits per heavy atom. The van der Waals surface area contributed by atoms with E-state index in [4.69, 9.17) is 11.5 Å². The first-order chi connectivity index (χ1) is 9.38. The van der Waals surface area contributed by atoms with Crippen LogP contribution < -0.4 is 16.4 Å².